The normalized spacial score (nSPS) is 10.1. The fourth-order valence-electron chi connectivity index (χ4n) is 2.29. The summed E-state index contributed by atoms with van der Waals surface area (Å²) >= 11 is 0. The van der Waals surface area contributed by atoms with Crippen LogP contribution in [0.4, 0.5) is 11.4 Å². The van der Waals surface area contributed by atoms with Crippen molar-refractivity contribution in [3.63, 3.8) is 0 Å². The summed E-state index contributed by atoms with van der Waals surface area (Å²) in [5.74, 6) is -0.575. The highest BCUT2D eigenvalue weighted by atomic mass is 16.6. The number of nitro benzene ring substituents is 1. The van der Waals surface area contributed by atoms with Crippen molar-refractivity contribution >= 4 is 23.3 Å². The average molecular weight is 388 g/mol. The second kappa shape index (κ2) is 9.91. The molecule has 0 bridgehead atoms. The van der Waals surface area contributed by atoms with Gasteiger partial charge in [-0.15, -0.1) is 0 Å². The quantitative estimate of drug-likeness (QED) is 0.398. The third-order valence-corrected chi connectivity index (χ3v) is 3.47. The van der Waals surface area contributed by atoms with E-state index < -0.39 is 16.8 Å². The Balaban J connectivity index is 2.10. The first-order valence-corrected chi connectivity index (χ1v) is 8.55. The Labute approximate surface area is 161 Å². The van der Waals surface area contributed by atoms with Crippen molar-refractivity contribution in [3.8, 4) is 11.5 Å². The summed E-state index contributed by atoms with van der Waals surface area (Å²) < 4.78 is 15.3. The first-order valence-electron chi connectivity index (χ1n) is 8.55. The van der Waals surface area contributed by atoms with E-state index in [0.717, 1.165) is 6.07 Å². The van der Waals surface area contributed by atoms with Crippen molar-refractivity contribution in [2.24, 2.45) is 0 Å². The molecule has 0 atom stereocenters. The van der Waals surface area contributed by atoms with E-state index in [-0.39, 0.29) is 36.8 Å². The monoisotopic (exact) mass is 388 g/mol. The Kier molecular flexibility index (Phi) is 7.32. The molecule has 9 heteroatoms. The van der Waals surface area contributed by atoms with Crippen molar-refractivity contribution in [3.05, 3.63) is 58.1 Å². The van der Waals surface area contributed by atoms with Crippen LogP contribution in [-0.4, -0.2) is 36.6 Å². The van der Waals surface area contributed by atoms with Crippen LogP contribution in [-0.2, 0) is 9.53 Å². The molecule has 2 aromatic carbocycles. The molecule has 148 valence electrons. The van der Waals surface area contributed by atoms with Gasteiger partial charge in [0.2, 0.25) is 0 Å². The van der Waals surface area contributed by atoms with Gasteiger partial charge in [0.05, 0.1) is 18.1 Å². The van der Waals surface area contributed by atoms with Crippen molar-refractivity contribution in [2.75, 3.05) is 25.1 Å². The number of carbonyl (C=O) groups excluding carboxylic acids is 2. The number of amides is 1. The Bertz CT molecular complexity index is 867. The molecule has 1 N–H and O–H groups in total. The summed E-state index contributed by atoms with van der Waals surface area (Å²) in [5.41, 5.74) is 0.219. The maximum atomic E-state index is 12.4. The lowest BCUT2D eigenvalue weighted by Gasteiger charge is -2.10. The smallest absolute Gasteiger partial charge is 0.344 e. The van der Waals surface area contributed by atoms with Gasteiger partial charge in [-0.25, -0.2) is 4.79 Å². The molecule has 0 fully saturated rings. The third-order valence-electron chi connectivity index (χ3n) is 3.47. The molecular formula is C19H20N2O7. The molecule has 28 heavy (non-hydrogen) atoms. The van der Waals surface area contributed by atoms with Gasteiger partial charge in [0.1, 0.15) is 5.75 Å². The molecule has 9 nitrogen and oxygen atoms in total. The number of benzene rings is 2. The summed E-state index contributed by atoms with van der Waals surface area (Å²) in [7, 11) is 0. The van der Waals surface area contributed by atoms with Gasteiger partial charge in [-0.05, 0) is 38.1 Å². The van der Waals surface area contributed by atoms with E-state index in [1.807, 2.05) is 0 Å². The van der Waals surface area contributed by atoms with Gasteiger partial charge in [-0.2, -0.15) is 0 Å². The zero-order chi connectivity index (χ0) is 20.5. The van der Waals surface area contributed by atoms with Crippen LogP contribution in [0, 0.1) is 10.1 Å². The molecule has 1 amide bonds. The Morgan fingerprint density at radius 1 is 1.07 bits per heavy atom. The number of nitrogens with one attached hydrogen (secondary N) is 1. The van der Waals surface area contributed by atoms with Gasteiger partial charge in [0.15, 0.2) is 12.4 Å². The predicted octanol–water partition coefficient (Wildman–Crippen LogP) is 3.19. The topological polar surface area (TPSA) is 117 Å². The van der Waals surface area contributed by atoms with Crippen LogP contribution < -0.4 is 14.8 Å². The van der Waals surface area contributed by atoms with Gasteiger partial charge in [-0.1, -0.05) is 6.07 Å². The number of nitrogens with zero attached hydrogens (tertiary/aromatic N) is 1. The van der Waals surface area contributed by atoms with Gasteiger partial charge in [0, 0.05) is 23.4 Å². The molecule has 2 aromatic rings. The van der Waals surface area contributed by atoms with Crippen LogP contribution in [0.2, 0.25) is 0 Å². The molecule has 0 unspecified atom stereocenters. The fourth-order valence-corrected chi connectivity index (χ4v) is 2.29. The first kappa shape index (κ1) is 20.7. The Morgan fingerprint density at radius 3 is 2.54 bits per heavy atom. The second-order valence-corrected chi connectivity index (χ2v) is 5.45. The minimum Gasteiger partial charge on any atom is -0.487 e. The zero-order valence-electron chi connectivity index (χ0n) is 15.5. The summed E-state index contributed by atoms with van der Waals surface area (Å²) in [6, 6.07) is 10.4. The Morgan fingerprint density at radius 2 is 1.86 bits per heavy atom. The fraction of sp³-hybridized carbons (Fsp3) is 0.263. The van der Waals surface area contributed by atoms with E-state index in [1.165, 1.54) is 18.2 Å². The summed E-state index contributed by atoms with van der Waals surface area (Å²) in [6.45, 7) is 3.68. The van der Waals surface area contributed by atoms with Crippen molar-refractivity contribution < 1.29 is 28.7 Å². The molecule has 0 saturated carbocycles. The van der Waals surface area contributed by atoms with Crippen molar-refractivity contribution in [1.29, 1.82) is 0 Å². The number of anilines is 1. The number of carbonyl (C=O) groups is 2. The molecule has 2 rings (SSSR count). The van der Waals surface area contributed by atoms with Gasteiger partial charge in [0.25, 0.3) is 5.91 Å². The number of hydrogen-bond acceptors (Lipinski definition) is 7. The van der Waals surface area contributed by atoms with Crippen LogP contribution >= 0.6 is 0 Å². The zero-order valence-corrected chi connectivity index (χ0v) is 15.5. The van der Waals surface area contributed by atoms with Gasteiger partial charge in [-0.3, -0.25) is 14.9 Å². The Hall–Kier alpha value is -3.62. The summed E-state index contributed by atoms with van der Waals surface area (Å²) in [6.07, 6.45) is 0. The number of rotatable bonds is 9. The summed E-state index contributed by atoms with van der Waals surface area (Å²) in [5, 5.41) is 13.8. The second-order valence-electron chi connectivity index (χ2n) is 5.45. The van der Waals surface area contributed by atoms with E-state index in [9.17, 15) is 19.7 Å². The minimum atomic E-state index is -0.606. The SMILES string of the molecule is CCOC(=O)COc1cccc(NC(=O)c2ccc(OCC)c([N+](=O)[O-])c2)c1. The van der Waals surface area contributed by atoms with Crippen LogP contribution in [0.15, 0.2) is 42.5 Å². The molecule has 0 aliphatic heterocycles. The minimum absolute atomic E-state index is 0.0958. The van der Waals surface area contributed by atoms with E-state index in [1.54, 1.807) is 32.0 Å². The molecular weight excluding hydrogens is 368 g/mol. The van der Waals surface area contributed by atoms with Gasteiger partial charge < -0.3 is 19.5 Å². The van der Waals surface area contributed by atoms with E-state index >= 15 is 0 Å². The lowest BCUT2D eigenvalue weighted by molar-refractivity contribution is -0.385. The third kappa shape index (κ3) is 5.70. The number of hydrogen-bond donors (Lipinski definition) is 1. The highest BCUT2D eigenvalue weighted by molar-refractivity contribution is 6.04. The van der Waals surface area contributed by atoms with Crippen molar-refractivity contribution in [2.45, 2.75) is 13.8 Å². The van der Waals surface area contributed by atoms with Crippen LogP contribution in [0.25, 0.3) is 0 Å². The maximum absolute atomic E-state index is 12.4. The summed E-state index contributed by atoms with van der Waals surface area (Å²) in [4.78, 5) is 34.4. The molecule has 0 aliphatic carbocycles. The number of esters is 1. The van der Waals surface area contributed by atoms with E-state index in [2.05, 4.69) is 5.32 Å². The number of ether oxygens (including phenoxy) is 3. The van der Waals surface area contributed by atoms with E-state index in [0.29, 0.717) is 11.4 Å². The van der Waals surface area contributed by atoms with Crippen LogP contribution in [0.5, 0.6) is 11.5 Å². The highest BCUT2D eigenvalue weighted by Gasteiger charge is 2.18. The maximum Gasteiger partial charge on any atom is 0.344 e. The predicted molar refractivity (Wildman–Crippen MR) is 101 cm³/mol. The van der Waals surface area contributed by atoms with Crippen LogP contribution in [0.1, 0.15) is 24.2 Å². The molecule has 0 heterocycles. The average Bonchev–Trinajstić information content (AvgIpc) is 2.67. The highest BCUT2D eigenvalue weighted by Crippen LogP contribution is 2.28. The lowest BCUT2D eigenvalue weighted by Crippen LogP contribution is -2.15. The molecule has 0 spiro atoms. The largest absolute Gasteiger partial charge is 0.487 e. The number of nitro groups is 1. The van der Waals surface area contributed by atoms with E-state index in [4.69, 9.17) is 14.2 Å². The first-order chi connectivity index (χ1) is 13.4. The molecule has 0 saturated heterocycles. The van der Waals surface area contributed by atoms with Crippen molar-refractivity contribution in [1.82, 2.24) is 0 Å². The lowest BCUT2D eigenvalue weighted by atomic mass is 10.1. The standard InChI is InChI=1S/C19H20N2O7/c1-3-26-17-9-8-13(10-16(17)21(24)25)19(23)20-14-6-5-7-15(11-14)28-12-18(22)27-4-2/h5-11H,3-4,12H2,1-2H3,(H,20,23). The molecule has 0 aliphatic rings. The molecule has 0 radical (unpaired) electrons. The van der Waals surface area contributed by atoms with Crippen LogP contribution in [0.3, 0.4) is 0 Å². The molecule has 0 aromatic heterocycles. The van der Waals surface area contributed by atoms with Gasteiger partial charge >= 0.3 is 11.7 Å².